The molecular formula is C14H20BrNO2. The lowest BCUT2D eigenvalue weighted by Gasteiger charge is -2.24. The van der Waals surface area contributed by atoms with Crippen molar-refractivity contribution in [1.82, 2.24) is 5.32 Å². The van der Waals surface area contributed by atoms with Crippen molar-refractivity contribution in [1.29, 1.82) is 0 Å². The Labute approximate surface area is 117 Å². The topological polar surface area (TPSA) is 38.3 Å². The maximum Gasteiger partial charge on any atom is 0.261 e. The third-order valence-electron chi connectivity index (χ3n) is 2.31. The number of hydrogen-bond acceptors (Lipinski definition) is 2. The summed E-state index contributed by atoms with van der Waals surface area (Å²) in [5, 5.41) is 2.90. The highest BCUT2D eigenvalue weighted by atomic mass is 79.9. The van der Waals surface area contributed by atoms with Crippen LogP contribution in [0.5, 0.6) is 5.75 Å². The quantitative estimate of drug-likeness (QED) is 0.928. The monoisotopic (exact) mass is 313 g/mol. The van der Waals surface area contributed by atoms with Crippen molar-refractivity contribution < 1.29 is 9.53 Å². The van der Waals surface area contributed by atoms with E-state index in [9.17, 15) is 4.79 Å². The van der Waals surface area contributed by atoms with Crippen LogP contribution in [0, 0.1) is 6.92 Å². The highest BCUT2D eigenvalue weighted by Crippen LogP contribution is 2.23. The van der Waals surface area contributed by atoms with Gasteiger partial charge < -0.3 is 10.1 Å². The number of rotatable bonds is 3. The van der Waals surface area contributed by atoms with Gasteiger partial charge in [-0.25, -0.2) is 0 Å². The maximum absolute atomic E-state index is 11.9. The van der Waals surface area contributed by atoms with Crippen LogP contribution >= 0.6 is 15.9 Å². The third-order valence-corrected chi connectivity index (χ3v) is 2.80. The first-order valence-corrected chi connectivity index (χ1v) is 6.73. The smallest absolute Gasteiger partial charge is 0.261 e. The lowest BCUT2D eigenvalue weighted by molar-refractivity contribution is -0.128. The van der Waals surface area contributed by atoms with E-state index in [2.05, 4.69) is 21.2 Å². The second-order valence-corrected chi connectivity index (χ2v) is 6.32. The Morgan fingerprint density at radius 1 is 1.39 bits per heavy atom. The molecule has 0 aliphatic rings. The Hall–Kier alpha value is -1.03. The van der Waals surface area contributed by atoms with E-state index in [1.54, 1.807) is 6.92 Å². The second kappa shape index (κ2) is 5.74. The minimum Gasteiger partial charge on any atom is -0.481 e. The van der Waals surface area contributed by atoms with E-state index < -0.39 is 6.10 Å². The molecule has 3 nitrogen and oxygen atoms in total. The summed E-state index contributed by atoms with van der Waals surface area (Å²) in [5.74, 6) is 0.625. The molecule has 1 amide bonds. The first-order chi connectivity index (χ1) is 8.19. The molecule has 0 aliphatic heterocycles. The number of carbonyl (C=O) groups is 1. The Morgan fingerprint density at radius 3 is 2.50 bits per heavy atom. The summed E-state index contributed by atoms with van der Waals surface area (Å²) in [7, 11) is 0. The number of benzene rings is 1. The molecule has 0 aliphatic carbocycles. The first kappa shape index (κ1) is 15.0. The van der Waals surface area contributed by atoms with Crippen molar-refractivity contribution in [3.63, 3.8) is 0 Å². The summed E-state index contributed by atoms with van der Waals surface area (Å²) >= 11 is 3.40. The molecule has 0 saturated carbocycles. The summed E-state index contributed by atoms with van der Waals surface area (Å²) in [4.78, 5) is 11.9. The third kappa shape index (κ3) is 4.69. The largest absolute Gasteiger partial charge is 0.481 e. The predicted octanol–water partition coefficient (Wildman–Crippen LogP) is 3.44. The zero-order valence-corrected chi connectivity index (χ0v) is 13.1. The SMILES string of the molecule is Cc1cc(Br)ccc1OC(C)C(=O)NC(C)(C)C. The Kier molecular flexibility index (Phi) is 4.79. The van der Waals surface area contributed by atoms with Gasteiger partial charge in [0.1, 0.15) is 5.75 Å². The molecule has 18 heavy (non-hydrogen) atoms. The molecule has 1 aromatic carbocycles. The fourth-order valence-electron chi connectivity index (χ4n) is 1.46. The van der Waals surface area contributed by atoms with Crippen molar-refractivity contribution in [2.45, 2.75) is 46.3 Å². The number of carbonyl (C=O) groups excluding carboxylic acids is 1. The molecule has 0 bridgehead atoms. The molecule has 0 spiro atoms. The van der Waals surface area contributed by atoms with Gasteiger partial charge in [0.2, 0.25) is 0 Å². The van der Waals surface area contributed by atoms with Gasteiger partial charge in [-0.3, -0.25) is 4.79 Å². The van der Waals surface area contributed by atoms with Crippen LogP contribution in [0.25, 0.3) is 0 Å². The zero-order chi connectivity index (χ0) is 13.9. The van der Waals surface area contributed by atoms with Gasteiger partial charge in [0.05, 0.1) is 0 Å². The van der Waals surface area contributed by atoms with Crippen LogP contribution < -0.4 is 10.1 Å². The number of halogens is 1. The van der Waals surface area contributed by atoms with E-state index in [0.29, 0.717) is 0 Å². The molecule has 1 rings (SSSR count). The molecule has 0 radical (unpaired) electrons. The van der Waals surface area contributed by atoms with Crippen molar-refractivity contribution in [2.75, 3.05) is 0 Å². The van der Waals surface area contributed by atoms with E-state index in [4.69, 9.17) is 4.74 Å². The lowest BCUT2D eigenvalue weighted by atomic mass is 10.1. The molecule has 1 unspecified atom stereocenters. The van der Waals surface area contributed by atoms with E-state index in [1.807, 2.05) is 45.9 Å². The highest BCUT2D eigenvalue weighted by molar-refractivity contribution is 9.10. The van der Waals surface area contributed by atoms with Crippen LogP contribution in [-0.4, -0.2) is 17.6 Å². The Morgan fingerprint density at radius 2 is 2.00 bits per heavy atom. The van der Waals surface area contributed by atoms with Gasteiger partial charge in [0, 0.05) is 10.0 Å². The second-order valence-electron chi connectivity index (χ2n) is 5.41. The Bertz CT molecular complexity index is 438. The van der Waals surface area contributed by atoms with E-state index in [0.717, 1.165) is 15.8 Å². The average molecular weight is 314 g/mol. The van der Waals surface area contributed by atoms with Crippen LogP contribution in [-0.2, 0) is 4.79 Å². The molecule has 0 saturated heterocycles. The standard InChI is InChI=1S/C14H20BrNO2/c1-9-8-11(15)6-7-12(9)18-10(2)13(17)16-14(3,4)5/h6-8,10H,1-5H3,(H,16,17). The van der Waals surface area contributed by atoms with Crippen molar-refractivity contribution in [3.05, 3.63) is 28.2 Å². The number of nitrogens with one attached hydrogen (secondary N) is 1. The van der Waals surface area contributed by atoms with Crippen molar-refractivity contribution in [2.24, 2.45) is 0 Å². The van der Waals surface area contributed by atoms with Gasteiger partial charge in [-0.15, -0.1) is 0 Å². The van der Waals surface area contributed by atoms with Crippen LogP contribution in [0.4, 0.5) is 0 Å². The molecular weight excluding hydrogens is 294 g/mol. The van der Waals surface area contributed by atoms with Gasteiger partial charge in [-0.2, -0.15) is 0 Å². The summed E-state index contributed by atoms with van der Waals surface area (Å²) in [6.45, 7) is 9.55. The van der Waals surface area contributed by atoms with Crippen LogP contribution in [0.1, 0.15) is 33.3 Å². The number of ether oxygens (including phenoxy) is 1. The molecule has 4 heteroatoms. The molecule has 1 aromatic rings. The number of aryl methyl sites for hydroxylation is 1. The zero-order valence-electron chi connectivity index (χ0n) is 11.5. The molecule has 0 fully saturated rings. The van der Waals surface area contributed by atoms with Crippen LogP contribution in [0.3, 0.4) is 0 Å². The summed E-state index contributed by atoms with van der Waals surface area (Å²) in [6.07, 6.45) is -0.510. The van der Waals surface area contributed by atoms with E-state index in [-0.39, 0.29) is 11.4 Å². The molecule has 0 heterocycles. The molecule has 0 aromatic heterocycles. The summed E-state index contributed by atoms with van der Waals surface area (Å²) in [6, 6.07) is 5.72. The molecule has 1 N–H and O–H groups in total. The average Bonchev–Trinajstić information content (AvgIpc) is 2.19. The Balaban J connectivity index is 2.69. The fraction of sp³-hybridized carbons (Fsp3) is 0.500. The highest BCUT2D eigenvalue weighted by Gasteiger charge is 2.20. The molecule has 1 atom stereocenters. The lowest BCUT2D eigenvalue weighted by Crippen LogP contribution is -2.46. The van der Waals surface area contributed by atoms with Crippen molar-refractivity contribution in [3.8, 4) is 5.75 Å². The van der Waals surface area contributed by atoms with Crippen molar-refractivity contribution >= 4 is 21.8 Å². The number of amides is 1. The molecule has 100 valence electrons. The van der Waals surface area contributed by atoms with Gasteiger partial charge in [0.25, 0.3) is 5.91 Å². The fourth-order valence-corrected chi connectivity index (χ4v) is 1.94. The number of hydrogen-bond donors (Lipinski definition) is 1. The van der Waals surface area contributed by atoms with E-state index in [1.165, 1.54) is 0 Å². The minimum absolute atomic E-state index is 0.107. The van der Waals surface area contributed by atoms with E-state index >= 15 is 0 Å². The van der Waals surface area contributed by atoms with Gasteiger partial charge in [-0.1, -0.05) is 15.9 Å². The maximum atomic E-state index is 11.9. The van der Waals surface area contributed by atoms with Gasteiger partial charge >= 0.3 is 0 Å². The first-order valence-electron chi connectivity index (χ1n) is 5.94. The predicted molar refractivity (Wildman–Crippen MR) is 76.9 cm³/mol. The summed E-state index contributed by atoms with van der Waals surface area (Å²) in [5.41, 5.74) is 0.753. The van der Waals surface area contributed by atoms with Crippen LogP contribution in [0.15, 0.2) is 22.7 Å². The van der Waals surface area contributed by atoms with Crippen LogP contribution in [0.2, 0.25) is 0 Å². The van der Waals surface area contributed by atoms with Gasteiger partial charge in [0.15, 0.2) is 6.10 Å². The minimum atomic E-state index is -0.510. The summed E-state index contributed by atoms with van der Waals surface area (Å²) < 4.78 is 6.67. The van der Waals surface area contributed by atoms with Gasteiger partial charge in [-0.05, 0) is 58.4 Å². The normalized spacial score (nSPS) is 13.0.